The number of aromatic nitrogens is 1. The molecule has 11 heteroatoms. The molecule has 0 bridgehead atoms. The summed E-state index contributed by atoms with van der Waals surface area (Å²) in [5, 5.41) is 4.51. The summed E-state index contributed by atoms with van der Waals surface area (Å²) in [5.74, 6) is 1.17. The van der Waals surface area contributed by atoms with Crippen LogP contribution >= 0.6 is 23.1 Å². The van der Waals surface area contributed by atoms with Crippen LogP contribution in [0.15, 0.2) is 58.3 Å². The van der Waals surface area contributed by atoms with Crippen LogP contribution in [0, 0.1) is 5.92 Å². The fraction of sp³-hybridized carbons (Fsp3) is 0.400. The van der Waals surface area contributed by atoms with E-state index in [1.54, 1.807) is 11.3 Å². The lowest BCUT2D eigenvalue weighted by atomic mass is 9.86. The fourth-order valence-electron chi connectivity index (χ4n) is 4.67. The van der Waals surface area contributed by atoms with Crippen molar-refractivity contribution < 1.29 is 21.6 Å². The molecule has 0 radical (unpaired) electrons. The molecule has 0 atom stereocenters. The molecule has 2 aliphatic rings. The van der Waals surface area contributed by atoms with Gasteiger partial charge in [-0.3, -0.25) is 0 Å². The van der Waals surface area contributed by atoms with Gasteiger partial charge in [-0.2, -0.15) is 13.2 Å². The minimum Gasteiger partial charge on any atom is -0.359 e. The maximum Gasteiger partial charge on any atom is 0.416 e. The van der Waals surface area contributed by atoms with Crippen LogP contribution in [0.5, 0.6) is 0 Å². The van der Waals surface area contributed by atoms with Crippen molar-refractivity contribution in [3.63, 3.8) is 0 Å². The largest absolute Gasteiger partial charge is 0.416 e. The molecule has 2 aromatic carbocycles. The monoisotopic (exact) mass is 553 g/mol. The summed E-state index contributed by atoms with van der Waals surface area (Å²) in [7, 11) is -4.01. The molecule has 1 saturated carbocycles. The molecule has 0 saturated heterocycles. The number of anilines is 1. The number of thioether (sulfide) groups is 1. The first-order valence-electron chi connectivity index (χ1n) is 11.8. The zero-order valence-corrected chi connectivity index (χ0v) is 21.8. The molecule has 3 aromatic rings. The third-order valence-corrected chi connectivity index (χ3v) is 10.2. The molecule has 5 rings (SSSR count). The van der Waals surface area contributed by atoms with Crippen molar-refractivity contribution in [2.45, 2.75) is 54.1 Å². The maximum atomic E-state index is 13.0. The van der Waals surface area contributed by atoms with Crippen molar-refractivity contribution in [2.24, 2.45) is 5.92 Å². The number of aryl methyl sites for hydroxylation is 1. The highest BCUT2D eigenvalue weighted by atomic mass is 32.2. The highest BCUT2D eigenvalue weighted by Crippen LogP contribution is 2.41. The Labute approximate surface area is 217 Å². The van der Waals surface area contributed by atoms with Crippen molar-refractivity contribution in [2.75, 3.05) is 17.6 Å². The van der Waals surface area contributed by atoms with Crippen LogP contribution in [0.2, 0.25) is 0 Å². The number of sulfonamides is 1. The van der Waals surface area contributed by atoms with E-state index >= 15 is 0 Å². The highest BCUT2D eigenvalue weighted by molar-refractivity contribution is 7.99. The molecule has 0 unspecified atom stereocenters. The number of thiazole rings is 1. The molecule has 0 spiro atoms. The van der Waals surface area contributed by atoms with E-state index in [2.05, 4.69) is 28.2 Å². The number of nitrogens with one attached hydrogen (secondary N) is 2. The van der Waals surface area contributed by atoms with Crippen molar-refractivity contribution in [3.8, 4) is 11.3 Å². The van der Waals surface area contributed by atoms with Crippen LogP contribution in [-0.4, -0.2) is 31.7 Å². The molecular weight excluding hydrogens is 527 g/mol. The molecule has 1 fully saturated rings. The maximum absolute atomic E-state index is 13.0. The Morgan fingerprint density at radius 3 is 2.58 bits per heavy atom. The number of nitrogens with zero attached hydrogens (tertiary/aromatic N) is 1. The van der Waals surface area contributed by atoms with E-state index in [9.17, 15) is 21.6 Å². The van der Waals surface area contributed by atoms with Gasteiger partial charge < -0.3 is 5.32 Å². The third kappa shape index (κ3) is 5.74. The number of alkyl halides is 3. The average Bonchev–Trinajstić information content (AvgIpc) is 3.17. The van der Waals surface area contributed by atoms with Gasteiger partial charge in [0, 0.05) is 33.7 Å². The molecule has 192 valence electrons. The summed E-state index contributed by atoms with van der Waals surface area (Å²) >= 11 is 3.58. The van der Waals surface area contributed by atoms with Crippen molar-refractivity contribution in [1.29, 1.82) is 0 Å². The summed E-state index contributed by atoms with van der Waals surface area (Å²) in [4.78, 5) is 7.11. The SMILES string of the molecule is O=S(=O)(NCC1CCC(Nc2nc3c(s2)CCSc2ccccc2-3)CC1)c1cccc(C(F)(F)F)c1. The van der Waals surface area contributed by atoms with E-state index < -0.39 is 21.8 Å². The van der Waals surface area contributed by atoms with Crippen LogP contribution < -0.4 is 10.0 Å². The van der Waals surface area contributed by atoms with Gasteiger partial charge in [0.05, 0.1) is 16.2 Å². The topological polar surface area (TPSA) is 71.1 Å². The number of fused-ring (bicyclic) bond motifs is 3. The lowest BCUT2D eigenvalue weighted by molar-refractivity contribution is -0.137. The van der Waals surface area contributed by atoms with E-state index in [-0.39, 0.29) is 23.4 Å². The van der Waals surface area contributed by atoms with Crippen molar-refractivity contribution in [1.82, 2.24) is 9.71 Å². The van der Waals surface area contributed by atoms with E-state index in [4.69, 9.17) is 4.98 Å². The Kier molecular flexibility index (Phi) is 7.35. The fourth-order valence-corrected chi connectivity index (χ4v) is 8.04. The summed E-state index contributed by atoms with van der Waals surface area (Å²) in [6, 6.07) is 12.5. The lowest BCUT2D eigenvalue weighted by Gasteiger charge is -2.29. The molecule has 36 heavy (non-hydrogen) atoms. The Bertz CT molecular complexity index is 1330. The highest BCUT2D eigenvalue weighted by Gasteiger charge is 2.32. The molecule has 1 aliphatic heterocycles. The van der Waals surface area contributed by atoms with Crippen LogP contribution in [0.4, 0.5) is 18.3 Å². The summed E-state index contributed by atoms with van der Waals surface area (Å²) in [6.07, 6.45) is -0.179. The number of rotatable bonds is 6. The number of benzene rings is 2. The second-order valence-corrected chi connectivity index (χ2v) is 13.1. The summed E-state index contributed by atoms with van der Waals surface area (Å²) < 4.78 is 66.5. The number of hydrogen-bond acceptors (Lipinski definition) is 6. The molecule has 2 heterocycles. The minimum absolute atomic E-state index is 0.139. The lowest BCUT2D eigenvalue weighted by Crippen LogP contribution is -2.34. The Balaban J connectivity index is 1.16. The van der Waals surface area contributed by atoms with Gasteiger partial charge in [-0.15, -0.1) is 23.1 Å². The Morgan fingerprint density at radius 2 is 1.81 bits per heavy atom. The molecule has 0 amide bonds. The summed E-state index contributed by atoms with van der Waals surface area (Å²) in [5.41, 5.74) is 1.29. The smallest absolute Gasteiger partial charge is 0.359 e. The summed E-state index contributed by atoms with van der Waals surface area (Å²) in [6.45, 7) is 0.214. The van der Waals surface area contributed by atoms with Crippen molar-refractivity contribution >= 4 is 38.3 Å². The Hall–Kier alpha value is -2.08. The van der Waals surface area contributed by atoms with Gasteiger partial charge in [-0.1, -0.05) is 24.3 Å². The quantitative estimate of drug-likeness (QED) is 0.368. The molecule has 1 aromatic heterocycles. The van der Waals surface area contributed by atoms with E-state index in [0.717, 1.165) is 60.8 Å². The predicted molar refractivity (Wildman–Crippen MR) is 138 cm³/mol. The first-order chi connectivity index (χ1) is 17.2. The van der Waals surface area contributed by atoms with Crippen LogP contribution in [0.25, 0.3) is 11.3 Å². The van der Waals surface area contributed by atoms with Crippen LogP contribution in [0.3, 0.4) is 0 Å². The standard InChI is InChI=1S/C25H26F3N3O2S3/c26-25(27,28)17-4-3-5-19(14-17)36(32,33)29-15-16-8-10-18(11-9-16)30-24-31-23-20-6-1-2-7-21(20)34-13-12-22(23)35-24/h1-7,14,16,18,29H,8-13,15H2,(H,30,31). The Morgan fingerprint density at radius 1 is 1.03 bits per heavy atom. The van der Waals surface area contributed by atoms with E-state index in [1.165, 1.54) is 21.4 Å². The zero-order valence-electron chi connectivity index (χ0n) is 19.3. The third-order valence-electron chi connectivity index (χ3n) is 6.63. The van der Waals surface area contributed by atoms with Gasteiger partial charge in [-0.25, -0.2) is 18.1 Å². The van der Waals surface area contributed by atoms with Gasteiger partial charge in [0.25, 0.3) is 0 Å². The normalized spacial score (nSPS) is 20.3. The van der Waals surface area contributed by atoms with Gasteiger partial charge in [0.2, 0.25) is 10.0 Å². The minimum atomic E-state index is -4.59. The second-order valence-electron chi connectivity index (χ2n) is 9.12. The average molecular weight is 554 g/mol. The molecule has 2 N–H and O–H groups in total. The molecular formula is C25H26F3N3O2S3. The first kappa shape index (κ1) is 25.6. The van der Waals surface area contributed by atoms with Gasteiger partial charge in [0.1, 0.15) is 0 Å². The number of halogens is 3. The van der Waals surface area contributed by atoms with Crippen LogP contribution in [0.1, 0.15) is 36.1 Å². The molecule has 5 nitrogen and oxygen atoms in total. The van der Waals surface area contributed by atoms with Crippen LogP contribution in [-0.2, 0) is 22.6 Å². The van der Waals surface area contributed by atoms with E-state index in [1.807, 2.05) is 17.8 Å². The molecule has 1 aliphatic carbocycles. The zero-order chi connectivity index (χ0) is 25.3. The van der Waals surface area contributed by atoms with E-state index in [0.29, 0.717) is 6.07 Å². The predicted octanol–water partition coefficient (Wildman–Crippen LogP) is 6.43. The van der Waals surface area contributed by atoms with Crippen molar-refractivity contribution in [3.05, 3.63) is 59.0 Å². The number of hydrogen-bond donors (Lipinski definition) is 2. The van der Waals surface area contributed by atoms with Gasteiger partial charge in [0.15, 0.2) is 5.13 Å². The second kappa shape index (κ2) is 10.4. The van der Waals surface area contributed by atoms with Gasteiger partial charge >= 0.3 is 6.18 Å². The van der Waals surface area contributed by atoms with Gasteiger partial charge in [-0.05, 0) is 62.3 Å². The first-order valence-corrected chi connectivity index (χ1v) is 15.1.